The third kappa shape index (κ3) is 3.46. The number of nitrogens with zero attached hydrogens (tertiary/aromatic N) is 1. The van der Waals surface area contributed by atoms with Gasteiger partial charge in [0.05, 0.1) is 4.92 Å². The van der Waals surface area contributed by atoms with Crippen LogP contribution in [0.25, 0.3) is 0 Å². The van der Waals surface area contributed by atoms with Crippen LogP contribution in [0.3, 0.4) is 0 Å². The Morgan fingerprint density at radius 3 is 2.89 bits per heavy atom. The summed E-state index contributed by atoms with van der Waals surface area (Å²) >= 11 is 0. The maximum absolute atomic E-state index is 11.1. The Kier molecular flexibility index (Phi) is 4.40. The molecule has 1 aromatic carbocycles. The Hall–Kier alpha value is -1.58. The highest BCUT2D eigenvalue weighted by atomic mass is 16.6. The van der Waals surface area contributed by atoms with Gasteiger partial charge in [0, 0.05) is 12.1 Å². The van der Waals surface area contributed by atoms with Gasteiger partial charge in [-0.05, 0) is 37.3 Å². The molecule has 0 spiro atoms. The van der Waals surface area contributed by atoms with Crippen LogP contribution < -0.4 is 5.32 Å². The topological polar surface area (TPSA) is 55.2 Å². The van der Waals surface area contributed by atoms with Gasteiger partial charge in [0.1, 0.15) is 5.69 Å². The van der Waals surface area contributed by atoms with Crippen molar-refractivity contribution in [3.8, 4) is 0 Å². The van der Waals surface area contributed by atoms with Crippen LogP contribution in [0.5, 0.6) is 0 Å². The molecule has 0 amide bonds. The molecule has 4 heteroatoms. The lowest BCUT2D eigenvalue weighted by atomic mass is 9.84. The van der Waals surface area contributed by atoms with E-state index >= 15 is 0 Å². The van der Waals surface area contributed by atoms with Crippen molar-refractivity contribution in [2.45, 2.75) is 52.0 Å². The summed E-state index contributed by atoms with van der Waals surface area (Å²) in [6.07, 6.45) is 5.96. The minimum absolute atomic E-state index is 0.184. The number of hydrogen-bond donors (Lipinski definition) is 1. The molecule has 1 N–H and O–H groups in total. The van der Waals surface area contributed by atoms with Crippen molar-refractivity contribution in [2.75, 3.05) is 5.32 Å². The lowest BCUT2D eigenvalue weighted by Crippen LogP contribution is -2.27. The molecular formula is C15H22N2O2. The number of hydrogen-bond acceptors (Lipinski definition) is 3. The number of nitro groups is 1. The fraction of sp³-hybridized carbons (Fsp3) is 0.600. The minimum atomic E-state index is -0.304. The smallest absolute Gasteiger partial charge is 0.292 e. The van der Waals surface area contributed by atoms with Crippen LogP contribution in [0.2, 0.25) is 0 Å². The molecule has 1 saturated carbocycles. The highest BCUT2D eigenvalue weighted by Crippen LogP contribution is 2.32. The maximum atomic E-state index is 11.1. The minimum Gasteiger partial charge on any atom is -0.377 e. The lowest BCUT2D eigenvalue weighted by Gasteiger charge is -2.29. The molecule has 1 fully saturated rings. The second kappa shape index (κ2) is 6.04. The Labute approximate surface area is 114 Å². The summed E-state index contributed by atoms with van der Waals surface area (Å²) in [7, 11) is 0. The molecule has 0 aliphatic heterocycles. The van der Waals surface area contributed by atoms with Gasteiger partial charge >= 0.3 is 0 Å². The van der Waals surface area contributed by atoms with E-state index in [9.17, 15) is 10.1 Å². The molecule has 2 unspecified atom stereocenters. The summed E-state index contributed by atoms with van der Waals surface area (Å²) in [5.74, 6) is 0.759. The lowest BCUT2D eigenvalue weighted by molar-refractivity contribution is -0.384. The Morgan fingerprint density at radius 1 is 1.42 bits per heavy atom. The van der Waals surface area contributed by atoms with E-state index in [-0.39, 0.29) is 10.6 Å². The van der Waals surface area contributed by atoms with Crippen molar-refractivity contribution in [2.24, 2.45) is 5.92 Å². The summed E-state index contributed by atoms with van der Waals surface area (Å²) in [6, 6.07) is 5.64. The molecule has 0 bridgehead atoms. The number of aryl methyl sites for hydroxylation is 1. The zero-order chi connectivity index (χ0) is 13.8. The van der Waals surface area contributed by atoms with Gasteiger partial charge in [-0.25, -0.2) is 0 Å². The largest absolute Gasteiger partial charge is 0.377 e. The first-order valence-corrected chi connectivity index (χ1v) is 7.11. The molecule has 0 heterocycles. The first-order chi connectivity index (χ1) is 9.10. The summed E-state index contributed by atoms with van der Waals surface area (Å²) in [5, 5.41) is 14.5. The predicted molar refractivity (Wildman–Crippen MR) is 77.5 cm³/mol. The summed E-state index contributed by atoms with van der Waals surface area (Å²) in [5.41, 5.74) is 1.91. The van der Waals surface area contributed by atoms with Gasteiger partial charge in [0.25, 0.3) is 5.69 Å². The predicted octanol–water partition coefficient (Wildman–Crippen LogP) is 4.28. The molecule has 0 radical (unpaired) electrons. The molecule has 2 rings (SSSR count). The van der Waals surface area contributed by atoms with Gasteiger partial charge in [-0.1, -0.05) is 32.3 Å². The molecule has 1 aliphatic rings. The molecule has 19 heavy (non-hydrogen) atoms. The quantitative estimate of drug-likeness (QED) is 0.650. The third-order valence-electron chi connectivity index (χ3n) is 4.07. The number of nitrogens with one attached hydrogen (secondary N) is 1. The molecule has 1 aromatic rings. The van der Waals surface area contributed by atoms with Crippen molar-refractivity contribution in [3.63, 3.8) is 0 Å². The normalized spacial score (nSPS) is 23.1. The summed E-state index contributed by atoms with van der Waals surface area (Å²) in [6.45, 7) is 4.19. The van der Waals surface area contributed by atoms with E-state index in [1.54, 1.807) is 12.1 Å². The fourth-order valence-electron chi connectivity index (χ4n) is 2.94. The van der Waals surface area contributed by atoms with Crippen molar-refractivity contribution in [1.82, 2.24) is 0 Å². The van der Waals surface area contributed by atoms with E-state index in [1.807, 2.05) is 13.0 Å². The van der Waals surface area contributed by atoms with Gasteiger partial charge in [0.15, 0.2) is 0 Å². The fourth-order valence-corrected chi connectivity index (χ4v) is 2.94. The zero-order valence-electron chi connectivity index (χ0n) is 11.7. The van der Waals surface area contributed by atoms with Crippen LogP contribution in [0.15, 0.2) is 18.2 Å². The standard InChI is InChI=1S/C15H22N2O2/c1-3-12-5-4-6-13(10-12)16-14-9-11(2)7-8-15(14)17(18)19/h7-9,12-13,16H,3-6,10H2,1-2H3. The van der Waals surface area contributed by atoms with E-state index in [0.29, 0.717) is 11.7 Å². The van der Waals surface area contributed by atoms with Gasteiger partial charge in [-0.2, -0.15) is 0 Å². The van der Waals surface area contributed by atoms with E-state index in [0.717, 1.165) is 24.3 Å². The number of anilines is 1. The highest BCUT2D eigenvalue weighted by molar-refractivity contribution is 5.63. The second-order valence-electron chi connectivity index (χ2n) is 5.56. The van der Waals surface area contributed by atoms with Gasteiger partial charge in [-0.15, -0.1) is 0 Å². The first-order valence-electron chi connectivity index (χ1n) is 7.11. The molecule has 104 valence electrons. The van der Waals surface area contributed by atoms with Crippen LogP contribution in [-0.4, -0.2) is 11.0 Å². The Balaban J connectivity index is 2.13. The zero-order valence-corrected chi connectivity index (χ0v) is 11.7. The number of nitro benzene ring substituents is 1. The van der Waals surface area contributed by atoms with Gasteiger partial charge < -0.3 is 5.32 Å². The number of rotatable bonds is 4. The third-order valence-corrected chi connectivity index (χ3v) is 4.07. The molecule has 2 atom stereocenters. The molecular weight excluding hydrogens is 240 g/mol. The van der Waals surface area contributed by atoms with E-state index in [1.165, 1.54) is 19.3 Å². The average molecular weight is 262 g/mol. The van der Waals surface area contributed by atoms with Crippen molar-refractivity contribution in [1.29, 1.82) is 0 Å². The van der Waals surface area contributed by atoms with Crippen molar-refractivity contribution >= 4 is 11.4 Å². The highest BCUT2D eigenvalue weighted by Gasteiger charge is 2.23. The average Bonchev–Trinajstić information content (AvgIpc) is 2.38. The molecule has 1 aliphatic carbocycles. The summed E-state index contributed by atoms with van der Waals surface area (Å²) < 4.78 is 0. The number of benzene rings is 1. The van der Waals surface area contributed by atoms with Gasteiger partial charge in [0.2, 0.25) is 0 Å². The first kappa shape index (κ1) is 13.8. The Bertz CT molecular complexity index is 459. The van der Waals surface area contributed by atoms with Crippen LogP contribution in [-0.2, 0) is 0 Å². The second-order valence-corrected chi connectivity index (χ2v) is 5.56. The van der Waals surface area contributed by atoms with Crippen LogP contribution in [0, 0.1) is 23.0 Å². The SMILES string of the molecule is CCC1CCCC(Nc2cc(C)ccc2[N+](=O)[O-])C1. The monoisotopic (exact) mass is 262 g/mol. The molecule has 0 saturated heterocycles. The van der Waals surface area contributed by atoms with E-state index in [2.05, 4.69) is 12.2 Å². The van der Waals surface area contributed by atoms with Crippen molar-refractivity contribution < 1.29 is 4.92 Å². The van der Waals surface area contributed by atoms with Crippen molar-refractivity contribution in [3.05, 3.63) is 33.9 Å². The molecule has 0 aromatic heterocycles. The van der Waals surface area contributed by atoms with E-state index < -0.39 is 0 Å². The summed E-state index contributed by atoms with van der Waals surface area (Å²) in [4.78, 5) is 10.8. The van der Waals surface area contributed by atoms with Crippen LogP contribution in [0.1, 0.15) is 44.6 Å². The van der Waals surface area contributed by atoms with E-state index in [4.69, 9.17) is 0 Å². The maximum Gasteiger partial charge on any atom is 0.292 e. The van der Waals surface area contributed by atoms with Gasteiger partial charge in [-0.3, -0.25) is 10.1 Å². The molecule has 4 nitrogen and oxygen atoms in total. The van der Waals surface area contributed by atoms with Crippen LogP contribution >= 0.6 is 0 Å². The Morgan fingerprint density at radius 2 is 2.21 bits per heavy atom. The van der Waals surface area contributed by atoms with Crippen LogP contribution in [0.4, 0.5) is 11.4 Å².